The Balaban J connectivity index is 1.60. The van der Waals surface area contributed by atoms with E-state index >= 15 is 0 Å². The third kappa shape index (κ3) is 6.04. The number of hydrogen-bond acceptors (Lipinski definition) is 5. The molecule has 0 atom stereocenters. The van der Waals surface area contributed by atoms with Crippen LogP contribution in [0, 0.1) is 5.41 Å². The van der Waals surface area contributed by atoms with E-state index in [0.717, 1.165) is 37.4 Å². The number of anilines is 1. The summed E-state index contributed by atoms with van der Waals surface area (Å²) in [5, 5.41) is 1.72. The summed E-state index contributed by atoms with van der Waals surface area (Å²) < 4.78 is 27.6. The van der Waals surface area contributed by atoms with Gasteiger partial charge in [-0.3, -0.25) is 14.4 Å². The van der Waals surface area contributed by atoms with Crippen molar-refractivity contribution >= 4 is 33.0 Å². The lowest BCUT2D eigenvalue weighted by Crippen LogP contribution is -2.49. The highest BCUT2D eigenvalue weighted by Crippen LogP contribution is 2.22. The minimum absolute atomic E-state index is 0.0577. The second-order valence-electron chi connectivity index (χ2n) is 8.56. The highest BCUT2D eigenvalue weighted by atomic mass is 32.2. The van der Waals surface area contributed by atoms with Crippen molar-refractivity contribution in [3.05, 3.63) is 47.3 Å². The summed E-state index contributed by atoms with van der Waals surface area (Å²) in [7, 11) is -3.63. The number of hydrogen-bond donors (Lipinski definition) is 1. The van der Waals surface area contributed by atoms with Crippen LogP contribution in [0.4, 0.5) is 5.69 Å². The number of nitrogens with one attached hydrogen (secondary N) is 1. The van der Waals surface area contributed by atoms with E-state index in [4.69, 9.17) is 0 Å². The normalized spacial score (nSPS) is 16.0. The van der Waals surface area contributed by atoms with Crippen molar-refractivity contribution < 1.29 is 13.2 Å². The van der Waals surface area contributed by atoms with Gasteiger partial charge in [-0.2, -0.15) is 0 Å². The fourth-order valence-electron chi connectivity index (χ4n) is 3.19. The summed E-state index contributed by atoms with van der Waals surface area (Å²) in [6.45, 7) is 10.9. The predicted octanol–water partition coefficient (Wildman–Crippen LogP) is 3.74. The van der Waals surface area contributed by atoms with Crippen LogP contribution in [0.15, 0.2) is 46.0 Å². The fraction of sp³-hybridized carbons (Fsp3) is 0.476. The summed E-state index contributed by atoms with van der Waals surface area (Å²) >= 11 is 1.16. The predicted molar refractivity (Wildman–Crippen MR) is 118 cm³/mol. The first-order valence-corrected chi connectivity index (χ1v) is 12.2. The van der Waals surface area contributed by atoms with Gasteiger partial charge in [0, 0.05) is 37.4 Å². The molecular weight excluding hydrogens is 406 g/mol. The molecular formula is C21H29N3O3S2. The average Bonchev–Trinajstić information content (AvgIpc) is 3.21. The van der Waals surface area contributed by atoms with Crippen molar-refractivity contribution in [3.63, 3.8) is 0 Å². The van der Waals surface area contributed by atoms with Gasteiger partial charge < -0.3 is 4.90 Å². The van der Waals surface area contributed by atoms with Gasteiger partial charge in [-0.05, 0) is 48.0 Å². The molecule has 0 saturated carbocycles. The topological polar surface area (TPSA) is 69.7 Å². The molecule has 0 radical (unpaired) electrons. The quantitative estimate of drug-likeness (QED) is 0.750. The van der Waals surface area contributed by atoms with E-state index in [-0.39, 0.29) is 10.1 Å². The molecule has 1 aliphatic rings. The zero-order valence-corrected chi connectivity index (χ0v) is 18.9. The van der Waals surface area contributed by atoms with E-state index in [0.29, 0.717) is 29.8 Å². The average molecular weight is 436 g/mol. The maximum Gasteiger partial charge on any atom is 0.271 e. The molecule has 0 bridgehead atoms. The molecule has 1 saturated heterocycles. The minimum atomic E-state index is -3.63. The first-order valence-electron chi connectivity index (χ1n) is 9.82. The maximum atomic E-state index is 12.9. The smallest absolute Gasteiger partial charge is 0.271 e. The van der Waals surface area contributed by atoms with Crippen LogP contribution in [0.1, 0.15) is 37.6 Å². The highest BCUT2D eigenvalue weighted by molar-refractivity contribution is 7.94. The summed E-state index contributed by atoms with van der Waals surface area (Å²) in [6.07, 6.45) is 1.13. The molecule has 8 heteroatoms. The highest BCUT2D eigenvalue weighted by Gasteiger charge is 2.24. The van der Waals surface area contributed by atoms with Gasteiger partial charge in [-0.1, -0.05) is 32.9 Å². The van der Waals surface area contributed by atoms with Gasteiger partial charge in [0.2, 0.25) is 0 Å². The van der Waals surface area contributed by atoms with Crippen LogP contribution in [0.3, 0.4) is 0 Å². The van der Waals surface area contributed by atoms with Crippen molar-refractivity contribution in [1.82, 2.24) is 9.80 Å². The zero-order valence-electron chi connectivity index (χ0n) is 17.2. The standard InChI is InChI=1S/C21H29N3O3S2/c1-21(2,3)9-10-23-11-13-24(14-12-23)20(25)17-6-4-7-18(16-17)22-29(26,27)19-8-5-15-28-19/h4-8,15-16,22H,9-14H2,1-3H3. The second-order valence-corrected chi connectivity index (χ2v) is 11.4. The third-order valence-corrected chi connectivity index (χ3v) is 7.74. The first-order chi connectivity index (χ1) is 13.6. The molecule has 2 heterocycles. The molecule has 1 aromatic heterocycles. The molecule has 6 nitrogen and oxygen atoms in total. The number of nitrogens with zero attached hydrogens (tertiary/aromatic N) is 2. The Morgan fingerprint density at radius 2 is 1.83 bits per heavy atom. The lowest BCUT2D eigenvalue weighted by atomic mass is 9.92. The summed E-state index contributed by atoms with van der Waals surface area (Å²) in [5.41, 5.74) is 1.21. The Labute approximate surface area is 177 Å². The molecule has 158 valence electrons. The van der Waals surface area contributed by atoms with E-state index < -0.39 is 10.0 Å². The number of amides is 1. The van der Waals surface area contributed by atoms with Crippen LogP contribution in [0.25, 0.3) is 0 Å². The largest absolute Gasteiger partial charge is 0.336 e. The Hall–Kier alpha value is -1.90. The molecule has 1 aromatic carbocycles. The van der Waals surface area contributed by atoms with Gasteiger partial charge in [0.25, 0.3) is 15.9 Å². The van der Waals surface area contributed by atoms with Gasteiger partial charge in [0.05, 0.1) is 0 Å². The summed E-state index contributed by atoms with van der Waals surface area (Å²) in [6, 6.07) is 9.96. The Morgan fingerprint density at radius 1 is 1.10 bits per heavy atom. The lowest BCUT2D eigenvalue weighted by molar-refractivity contribution is 0.0623. The molecule has 29 heavy (non-hydrogen) atoms. The second kappa shape index (κ2) is 8.85. The zero-order chi connectivity index (χ0) is 21.1. The Kier molecular flexibility index (Phi) is 6.65. The third-order valence-electron chi connectivity index (χ3n) is 4.96. The maximum absolute atomic E-state index is 12.9. The number of rotatable bonds is 6. The summed E-state index contributed by atoms with van der Waals surface area (Å²) in [4.78, 5) is 17.2. The molecule has 0 spiro atoms. The van der Waals surface area contributed by atoms with Crippen molar-refractivity contribution in [2.75, 3.05) is 37.4 Å². The fourth-order valence-corrected chi connectivity index (χ4v) is 5.23. The van der Waals surface area contributed by atoms with E-state index in [2.05, 4.69) is 30.4 Å². The van der Waals surface area contributed by atoms with E-state index in [9.17, 15) is 13.2 Å². The molecule has 1 fully saturated rings. The van der Waals surface area contributed by atoms with Crippen LogP contribution in [0.2, 0.25) is 0 Å². The van der Waals surface area contributed by atoms with E-state index in [1.807, 2.05) is 4.90 Å². The van der Waals surface area contributed by atoms with Gasteiger partial charge >= 0.3 is 0 Å². The lowest BCUT2D eigenvalue weighted by Gasteiger charge is -2.36. The van der Waals surface area contributed by atoms with Crippen molar-refractivity contribution in [1.29, 1.82) is 0 Å². The van der Waals surface area contributed by atoms with Crippen LogP contribution in [0.5, 0.6) is 0 Å². The molecule has 1 aliphatic heterocycles. The number of carbonyl (C=O) groups excluding carboxylic acids is 1. The van der Waals surface area contributed by atoms with E-state index in [1.54, 1.807) is 41.8 Å². The number of carbonyl (C=O) groups is 1. The van der Waals surface area contributed by atoms with Crippen molar-refractivity contribution in [2.45, 2.75) is 31.4 Å². The van der Waals surface area contributed by atoms with Crippen LogP contribution >= 0.6 is 11.3 Å². The van der Waals surface area contributed by atoms with Gasteiger partial charge in [0.1, 0.15) is 4.21 Å². The molecule has 2 aromatic rings. The van der Waals surface area contributed by atoms with Gasteiger partial charge in [-0.15, -0.1) is 11.3 Å². The van der Waals surface area contributed by atoms with Crippen LogP contribution in [-0.4, -0.2) is 56.8 Å². The molecule has 0 aliphatic carbocycles. The monoisotopic (exact) mass is 435 g/mol. The summed E-state index contributed by atoms with van der Waals surface area (Å²) in [5.74, 6) is -0.0577. The van der Waals surface area contributed by atoms with Crippen molar-refractivity contribution in [2.24, 2.45) is 5.41 Å². The number of benzene rings is 1. The molecule has 1 N–H and O–H groups in total. The van der Waals surface area contributed by atoms with Crippen molar-refractivity contribution in [3.8, 4) is 0 Å². The Bertz CT molecular complexity index is 926. The Morgan fingerprint density at radius 3 is 2.45 bits per heavy atom. The van der Waals surface area contributed by atoms with E-state index in [1.165, 1.54) is 0 Å². The molecule has 3 rings (SSSR count). The van der Waals surface area contributed by atoms with Crippen LogP contribution in [-0.2, 0) is 10.0 Å². The molecule has 1 amide bonds. The first kappa shape index (κ1) is 21.8. The number of sulfonamides is 1. The van der Waals surface area contributed by atoms with Gasteiger partial charge in [-0.25, -0.2) is 8.42 Å². The van der Waals surface area contributed by atoms with Gasteiger partial charge in [0.15, 0.2) is 0 Å². The SMILES string of the molecule is CC(C)(C)CCN1CCN(C(=O)c2cccc(NS(=O)(=O)c3cccs3)c2)CC1. The molecule has 0 unspecified atom stereocenters. The number of thiophene rings is 1. The minimum Gasteiger partial charge on any atom is -0.336 e. The number of piperazine rings is 1. The van der Waals surface area contributed by atoms with Crippen LogP contribution < -0.4 is 4.72 Å².